The second-order valence-electron chi connectivity index (χ2n) is 6.76. The van der Waals surface area contributed by atoms with Crippen LogP contribution in [-0.2, 0) is 19.2 Å². The molecule has 0 spiro atoms. The molecule has 0 heterocycles. The fraction of sp³-hybridized carbons (Fsp3) is 0.750. The van der Waals surface area contributed by atoms with E-state index in [1.54, 1.807) is 0 Å². The third-order valence-corrected chi connectivity index (χ3v) is 7.45. The second kappa shape index (κ2) is 7.23. The van der Waals surface area contributed by atoms with Crippen molar-refractivity contribution in [1.82, 2.24) is 0 Å². The second-order valence-corrected chi connectivity index (χ2v) is 8.43. The first kappa shape index (κ1) is 19.6. The monoisotopic (exact) mass is 374 g/mol. The molecular formula is C16H22O8S. The number of carbonyl (C=O) groups is 4. The van der Waals surface area contributed by atoms with Crippen molar-refractivity contribution in [2.75, 3.05) is 0 Å². The maximum Gasteiger partial charge on any atom is 0.320 e. The molecule has 2 aliphatic carbocycles. The van der Waals surface area contributed by atoms with Crippen molar-refractivity contribution in [2.24, 2.45) is 11.8 Å². The molecule has 4 unspecified atom stereocenters. The lowest BCUT2D eigenvalue weighted by molar-refractivity contribution is -0.154. The Balaban J connectivity index is 2.53. The van der Waals surface area contributed by atoms with E-state index in [2.05, 4.69) is 0 Å². The minimum absolute atomic E-state index is 0.0192. The van der Waals surface area contributed by atoms with E-state index in [9.17, 15) is 39.6 Å². The Labute approximate surface area is 148 Å². The largest absolute Gasteiger partial charge is 0.481 e. The van der Waals surface area contributed by atoms with Crippen molar-refractivity contribution in [3.63, 3.8) is 0 Å². The van der Waals surface area contributed by atoms with Crippen LogP contribution in [0.2, 0.25) is 0 Å². The van der Waals surface area contributed by atoms with E-state index in [1.807, 2.05) is 0 Å². The van der Waals surface area contributed by atoms with Crippen LogP contribution in [0, 0.1) is 11.8 Å². The highest BCUT2D eigenvalue weighted by Gasteiger charge is 2.61. The molecule has 0 radical (unpaired) electrons. The van der Waals surface area contributed by atoms with Gasteiger partial charge < -0.3 is 20.4 Å². The Morgan fingerprint density at radius 2 is 1.04 bits per heavy atom. The lowest BCUT2D eigenvalue weighted by atomic mass is 9.77. The summed E-state index contributed by atoms with van der Waals surface area (Å²) < 4.78 is -3.65. The smallest absolute Gasteiger partial charge is 0.320 e. The van der Waals surface area contributed by atoms with Gasteiger partial charge >= 0.3 is 23.9 Å². The van der Waals surface area contributed by atoms with Gasteiger partial charge in [0.15, 0.2) is 0 Å². The van der Waals surface area contributed by atoms with Crippen LogP contribution in [-0.4, -0.2) is 53.8 Å². The summed E-state index contributed by atoms with van der Waals surface area (Å²) in [6.45, 7) is 0. The van der Waals surface area contributed by atoms with Gasteiger partial charge in [0.1, 0.15) is 9.49 Å². The molecule has 2 rings (SSSR count). The molecule has 2 saturated carbocycles. The highest BCUT2D eigenvalue weighted by Crippen LogP contribution is 2.55. The summed E-state index contributed by atoms with van der Waals surface area (Å²) >= 11 is 0.565. The number of hydrogen-bond acceptors (Lipinski definition) is 5. The average Bonchev–Trinajstić information content (AvgIpc) is 2.54. The van der Waals surface area contributed by atoms with Crippen molar-refractivity contribution < 1.29 is 39.6 Å². The minimum atomic E-state index is -1.83. The Bertz CT molecular complexity index is 541. The third-order valence-electron chi connectivity index (χ3n) is 5.39. The van der Waals surface area contributed by atoms with Crippen LogP contribution in [0.15, 0.2) is 0 Å². The predicted molar refractivity (Wildman–Crippen MR) is 87.5 cm³/mol. The normalized spacial score (nSPS) is 35.7. The van der Waals surface area contributed by atoms with E-state index in [0.717, 1.165) is 0 Å². The van der Waals surface area contributed by atoms with Crippen LogP contribution < -0.4 is 0 Å². The first-order valence-corrected chi connectivity index (χ1v) is 9.11. The van der Waals surface area contributed by atoms with Crippen molar-refractivity contribution >= 4 is 35.6 Å². The molecule has 0 aromatic heterocycles. The first-order chi connectivity index (χ1) is 11.7. The molecule has 140 valence electrons. The van der Waals surface area contributed by atoms with Gasteiger partial charge in [0.2, 0.25) is 0 Å². The molecule has 25 heavy (non-hydrogen) atoms. The summed E-state index contributed by atoms with van der Waals surface area (Å²) in [5.74, 6) is -7.79. The van der Waals surface area contributed by atoms with Gasteiger partial charge in [-0.1, -0.05) is 25.7 Å². The minimum Gasteiger partial charge on any atom is -0.481 e. The number of carboxylic acids is 4. The zero-order valence-electron chi connectivity index (χ0n) is 13.6. The maximum atomic E-state index is 12.1. The molecule has 0 aromatic rings. The van der Waals surface area contributed by atoms with Gasteiger partial charge in [-0.3, -0.25) is 19.2 Å². The van der Waals surface area contributed by atoms with E-state index < -0.39 is 45.2 Å². The van der Waals surface area contributed by atoms with Crippen molar-refractivity contribution in [3.05, 3.63) is 0 Å². The molecule has 0 saturated heterocycles. The van der Waals surface area contributed by atoms with Crippen LogP contribution >= 0.6 is 11.8 Å². The number of carboxylic acid groups (broad SMARTS) is 4. The van der Waals surface area contributed by atoms with Crippen LogP contribution in [0.3, 0.4) is 0 Å². The predicted octanol–water partition coefficient (Wildman–Crippen LogP) is 1.92. The zero-order chi connectivity index (χ0) is 18.8. The summed E-state index contributed by atoms with van der Waals surface area (Å²) in [7, 11) is 0. The van der Waals surface area contributed by atoms with Gasteiger partial charge in [0.05, 0.1) is 11.8 Å². The van der Waals surface area contributed by atoms with Gasteiger partial charge in [-0.2, -0.15) is 0 Å². The molecule has 9 heteroatoms. The van der Waals surface area contributed by atoms with Crippen LogP contribution in [0.1, 0.15) is 51.4 Å². The fourth-order valence-electron chi connectivity index (χ4n) is 4.10. The summed E-state index contributed by atoms with van der Waals surface area (Å²) in [6.07, 6.45) is 2.36. The van der Waals surface area contributed by atoms with E-state index in [1.165, 1.54) is 0 Å². The molecule has 4 N–H and O–H groups in total. The van der Waals surface area contributed by atoms with E-state index in [4.69, 9.17) is 0 Å². The van der Waals surface area contributed by atoms with Gasteiger partial charge in [-0.25, -0.2) is 0 Å². The van der Waals surface area contributed by atoms with E-state index in [-0.39, 0.29) is 25.7 Å². The lowest BCUT2D eigenvalue weighted by Crippen LogP contribution is -2.57. The van der Waals surface area contributed by atoms with Crippen LogP contribution in [0.25, 0.3) is 0 Å². The topological polar surface area (TPSA) is 149 Å². The Morgan fingerprint density at radius 3 is 1.32 bits per heavy atom. The molecule has 2 aliphatic rings. The van der Waals surface area contributed by atoms with Crippen molar-refractivity contribution in [1.29, 1.82) is 0 Å². The van der Waals surface area contributed by atoms with E-state index >= 15 is 0 Å². The van der Waals surface area contributed by atoms with Gasteiger partial charge in [0.25, 0.3) is 0 Å². The number of hydrogen-bond donors (Lipinski definition) is 4. The summed E-state index contributed by atoms with van der Waals surface area (Å²) in [5.41, 5.74) is 0. The van der Waals surface area contributed by atoms with E-state index in [0.29, 0.717) is 37.4 Å². The Hall–Kier alpha value is -1.77. The average molecular weight is 374 g/mol. The van der Waals surface area contributed by atoms with Crippen molar-refractivity contribution in [3.8, 4) is 0 Å². The molecular weight excluding hydrogens is 352 g/mol. The van der Waals surface area contributed by atoms with Gasteiger partial charge in [0, 0.05) is 0 Å². The molecule has 0 aromatic carbocycles. The number of rotatable bonds is 6. The highest BCUT2D eigenvalue weighted by molar-refractivity contribution is 8.03. The molecule has 8 nitrogen and oxygen atoms in total. The van der Waals surface area contributed by atoms with Gasteiger partial charge in [-0.15, -0.1) is 11.8 Å². The molecule has 4 atom stereocenters. The maximum absolute atomic E-state index is 12.1. The molecule has 0 bridgehead atoms. The lowest BCUT2D eigenvalue weighted by Gasteiger charge is -2.46. The number of thioether (sulfide) groups is 1. The van der Waals surface area contributed by atoms with Crippen molar-refractivity contribution in [2.45, 2.75) is 60.9 Å². The molecule has 0 amide bonds. The fourth-order valence-corrected chi connectivity index (χ4v) is 6.14. The first-order valence-electron chi connectivity index (χ1n) is 8.30. The quantitative estimate of drug-likeness (QED) is 0.547. The summed E-state index contributed by atoms with van der Waals surface area (Å²) in [4.78, 5) is 47.5. The summed E-state index contributed by atoms with van der Waals surface area (Å²) in [6, 6.07) is 0. The Kier molecular flexibility index (Phi) is 5.65. The molecule has 0 aliphatic heterocycles. The van der Waals surface area contributed by atoms with Gasteiger partial charge in [-0.05, 0) is 25.7 Å². The SMILES string of the molecule is O=C(O)C1CCCCC1(SC1(C(=O)O)CCCCC1C(=O)O)C(=O)O. The number of aliphatic carboxylic acids is 4. The standard InChI is InChI=1S/C16H22O8S/c17-11(18)9-5-1-3-7-15(9,13(21)22)25-16(14(23)24)8-4-2-6-10(16)12(19)20/h9-10H,1-8H2,(H,17,18)(H,19,20)(H,21,22)(H,23,24). The highest BCUT2D eigenvalue weighted by atomic mass is 32.2. The third kappa shape index (κ3) is 3.33. The van der Waals surface area contributed by atoms with Crippen LogP contribution in [0.4, 0.5) is 0 Å². The molecule has 2 fully saturated rings. The Morgan fingerprint density at radius 1 is 0.680 bits per heavy atom. The van der Waals surface area contributed by atoms with Crippen LogP contribution in [0.5, 0.6) is 0 Å². The summed E-state index contributed by atoms with van der Waals surface area (Å²) in [5, 5.41) is 38.7. The zero-order valence-corrected chi connectivity index (χ0v) is 14.5.